The number of sulfonamides is 1. The lowest BCUT2D eigenvalue weighted by Gasteiger charge is -2.21. The number of anilines is 3. The van der Waals surface area contributed by atoms with Crippen molar-refractivity contribution in [2.24, 2.45) is 0 Å². The number of carbonyl (C=O) groups is 1. The van der Waals surface area contributed by atoms with E-state index in [9.17, 15) is 13.2 Å². The first-order chi connectivity index (χ1) is 14.4. The predicted octanol–water partition coefficient (Wildman–Crippen LogP) is 2.64. The van der Waals surface area contributed by atoms with Crippen LogP contribution < -0.4 is 19.8 Å². The molecule has 0 bridgehead atoms. The Hall–Kier alpha value is -2.21. The summed E-state index contributed by atoms with van der Waals surface area (Å²) >= 11 is 0.949. The van der Waals surface area contributed by atoms with Crippen molar-refractivity contribution in [3.05, 3.63) is 30.0 Å². The van der Waals surface area contributed by atoms with Crippen LogP contribution >= 0.6 is 11.3 Å². The molecule has 0 spiro atoms. The molecule has 0 aliphatic carbocycles. The zero-order chi connectivity index (χ0) is 21.7. The largest absolute Gasteiger partial charge is 0.383 e. The summed E-state index contributed by atoms with van der Waals surface area (Å²) in [5.74, 6) is 0. The number of carbonyl (C=O) groups excluding carboxylic acids is 1. The third kappa shape index (κ3) is 5.09. The average molecular weight is 454 g/mol. The Balaban J connectivity index is 1.78. The molecule has 2 aromatic rings. The fourth-order valence-electron chi connectivity index (χ4n) is 3.21. The Bertz CT molecular complexity index is 969. The molecule has 30 heavy (non-hydrogen) atoms. The highest BCUT2D eigenvalue weighted by Crippen LogP contribution is 2.30. The highest BCUT2D eigenvalue weighted by molar-refractivity contribution is 7.91. The second kappa shape index (κ2) is 9.73. The molecule has 2 amide bonds. The van der Waals surface area contributed by atoms with Crippen molar-refractivity contribution < 1.29 is 17.9 Å². The van der Waals surface area contributed by atoms with Crippen LogP contribution in [-0.2, 0) is 14.8 Å². The van der Waals surface area contributed by atoms with Crippen LogP contribution in [0.1, 0.15) is 18.5 Å². The zero-order valence-corrected chi connectivity index (χ0v) is 19.0. The Morgan fingerprint density at radius 3 is 2.53 bits per heavy atom. The van der Waals surface area contributed by atoms with Crippen molar-refractivity contribution in [2.75, 3.05) is 55.5 Å². The first-order valence-electron chi connectivity index (χ1n) is 9.69. The van der Waals surface area contributed by atoms with Crippen LogP contribution in [0.2, 0.25) is 0 Å². The molecule has 1 aliphatic heterocycles. The summed E-state index contributed by atoms with van der Waals surface area (Å²) in [6, 6.07) is 7.31. The number of urea groups is 1. The van der Waals surface area contributed by atoms with E-state index in [1.54, 1.807) is 6.92 Å². The van der Waals surface area contributed by atoms with Gasteiger partial charge in [-0.3, -0.25) is 4.90 Å². The average Bonchev–Trinajstić information content (AvgIpc) is 3.39. The minimum Gasteiger partial charge on any atom is -0.383 e. The van der Waals surface area contributed by atoms with Crippen molar-refractivity contribution in [3.8, 4) is 0 Å². The van der Waals surface area contributed by atoms with E-state index in [-0.39, 0.29) is 17.4 Å². The van der Waals surface area contributed by atoms with Gasteiger partial charge in [0.15, 0.2) is 9.34 Å². The van der Waals surface area contributed by atoms with Gasteiger partial charge in [0.2, 0.25) is 0 Å². The van der Waals surface area contributed by atoms with Crippen molar-refractivity contribution >= 4 is 43.9 Å². The molecule has 1 saturated heterocycles. The second-order valence-electron chi connectivity index (χ2n) is 6.89. The molecule has 0 saturated carbocycles. The van der Waals surface area contributed by atoms with E-state index in [2.05, 4.69) is 19.9 Å². The van der Waals surface area contributed by atoms with Crippen LogP contribution in [0, 0.1) is 6.92 Å². The number of methoxy groups -OCH3 is 1. The summed E-state index contributed by atoms with van der Waals surface area (Å²) in [6.07, 6.45) is 2.40. The fraction of sp³-hybridized carbons (Fsp3) is 0.474. The number of hydrogen-bond acceptors (Lipinski definition) is 7. The monoisotopic (exact) mass is 453 g/mol. The number of hydrogen-bond donors (Lipinski definition) is 2. The van der Waals surface area contributed by atoms with Crippen LogP contribution in [0.15, 0.2) is 28.5 Å². The van der Waals surface area contributed by atoms with E-state index in [1.165, 1.54) is 31.9 Å². The molecule has 0 radical (unpaired) electrons. The van der Waals surface area contributed by atoms with Crippen LogP contribution in [-0.4, -0.2) is 59.8 Å². The molecule has 2 N–H and O–H groups in total. The second-order valence-corrected chi connectivity index (χ2v) is 9.95. The molecule has 3 rings (SSSR count). The summed E-state index contributed by atoms with van der Waals surface area (Å²) in [7, 11) is -0.766. The van der Waals surface area contributed by atoms with Gasteiger partial charge < -0.3 is 15.0 Å². The molecule has 1 aromatic heterocycles. The third-order valence-corrected chi connectivity index (χ3v) is 8.04. The molecular weight excluding hydrogens is 426 g/mol. The molecule has 1 aliphatic rings. The zero-order valence-electron chi connectivity index (χ0n) is 17.3. The summed E-state index contributed by atoms with van der Waals surface area (Å²) in [6.45, 7) is 4.23. The SMILES string of the molecule is CNS(=O)(=O)c1sc(N(CCOC)C(=O)Nc2ccc(N3CCCC3)cc2)nc1C. The number of aromatic nitrogens is 1. The standard InChI is InChI=1S/C19H27N5O4S2/c1-14-17(30(26,27)20-2)29-19(21-14)24(12-13-28-3)18(25)22-15-6-8-16(9-7-15)23-10-4-5-11-23/h6-9,20H,4-5,10-13H2,1-3H3,(H,22,25). The first kappa shape index (κ1) is 22.5. The third-order valence-electron chi connectivity index (χ3n) is 4.84. The molecule has 1 aromatic carbocycles. The van der Waals surface area contributed by atoms with Gasteiger partial charge in [0.25, 0.3) is 10.0 Å². The van der Waals surface area contributed by atoms with Gasteiger partial charge in [-0.2, -0.15) is 0 Å². The lowest BCUT2D eigenvalue weighted by atomic mass is 10.2. The lowest BCUT2D eigenvalue weighted by molar-refractivity contribution is 0.204. The van der Waals surface area contributed by atoms with Gasteiger partial charge in [-0.15, -0.1) is 0 Å². The molecule has 164 valence electrons. The number of thiazole rings is 1. The number of nitrogens with one attached hydrogen (secondary N) is 2. The number of nitrogens with zero attached hydrogens (tertiary/aromatic N) is 3. The van der Waals surface area contributed by atoms with Crippen LogP contribution in [0.5, 0.6) is 0 Å². The maximum Gasteiger partial charge on any atom is 0.328 e. The number of ether oxygens (including phenoxy) is 1. The fourth-order valence-corrected chi connectivity index (χ4v) is 5.57. The summed E-state index contributed by atoms with van der Waals surface area (Å²) < 4.78 is 31.9. The summed E-state index contributed by atoms with van der Waals surface area (Å²) in [5.41, 5.74) is 2.13. The molecule has 11 heteroatoms. The Morgan fingerprint density at radius 2 is 1.93 bits per heavy atom. The van der Waals surface area contributed by atoms with Crippen LogP contribution in [0.4, 0.5) is 21.3 Å². The maximum atomic E-state index is 13.0. The number of benzene rings is 1. The van der Waals surface area contributed by atoms with Crippen molar-refractivity contribution in [3.63, 3.8) is 0 Å². The van der Waals surface area contributed by atoms with Gasteiger partial charge in [-0.05, 0) is 51.1 Å². The first-order valence-corrected chi connectivity index (χ1v) is 12.0. The van der Waals surface area contributed by atoms with E-state index >= 15 is 0 Å². The molecule has 1 fully saturated rings. The van der Waals surface area contributed by atoms with Gasteiger partial charge in [-0.1, -0.05) is 11.3 Å². The summed E-state index contributed by atoms with van der Waals surface area (Å²) in [4.78, 5) is 21.0. The molecular formula is C19H27N5O4S2. The molecule has 2 heterocycles. The Morgan fingerprint density at radius 1 is 1.27 bits per heavy atom. The number of amides is 2. The molecule has 0 unspecified atom stereocenters. The normalized spacial score (nSPS) is 14.2. The highest BCUT2D eigenvalue weighted by atomic mass is 32.2. The van der Waals surface area contributed by atoms with Gasteiger partial charge in [0.05, 0.1) is 18.8 Å². The van der Waals surface area contributed by atoms with Gasteiger partial charge in [-0.25, -0.2) is 22.9 Å². The quantitative estimate of drug-likeness (QED) is 0.637. The van der Waals surface area contributed by atoms with E-state index in [0.717, 1.165) is 30.1 Å². The topological polar surface area (TPSA) is 104 Å². The Kier molecular flexibility index (Phi) is 7.29. The van der Waals surface area contributed by atoms with Gasteiger partial charge in [0.1, 0.15) is 0 Å². The van der Waals surface area contributed by atoms with Crippen molar-refractivity contribution in [1.29, 1.82) is 0 Å². The van der Waals surface area contributed by atoms with Gasteiger partial charge >= 0.3 is 6.03 Å². The minimum absolute atomic E-state index is 0.0881. The van der Waals surface area contributed by atoms with E-state index < -0.39 is 16.1 Å². The maximum absolute atomic E-state index is 13.0. The summed E-state index contributed by atoms with van der Waals surface area (Å²) in [5, 5.41) is 3.16. The molecule has 0 atom stereocenters. The predicted molar refractivity (Wildman–Crippen MR) is 119 cm³/mol. The van der Waals surface area contributed by atoms with Crippen LogP contribution in [0.3, 0.4) is 0 Å². The van der Waals surface area contributed by atoms with E-state index in [0.29, 0.717) is 16.5 Å². The van der Waals surface area contributed by atoms with Crippen molar-refractivity contribution in [1.82, 2.24) is 9.71 Å². The van der Waals surface area contributed by atoms with Crippen LogP contribution in [0.25, 0.3) is 0 Å². The number of aryl methyl sites for hydroxylation is 1. The smallest absolute Gasteiger partial charge is 0.328 e. The number of rotatable bonds is 8. The van der Waals surface area contributed by atoms with Gasteiger partial charge in [0, 0.05) is 31.6 Å². The van der Waals surface area contributed by atoms with Crippen molar-refractivity contribution in [2.45, 2.75) is 24.0 Å². The lowest BCUT2D eigenvalue weighted by Crippen LogP contribution is -2.37. The molecule has 9 nitrogen and oxygen atoms in total. The highest BCUT2D eigenvalue weighted by Gasteiger charge is 2.26. The van der Waals surface area contributed by atoms with E-state index in [4.69, 9.17) is 4.74 Å². The van der Waals surface area contributed by atoms with E-state index in [1.807, 2.05) is 24.3 Å². The Labute approximate surface area is 181 Å². The minimum atomic E-state index is -3.65.